The van der Waals surface area contributed by atoms with E-state index in [1.54, 1.807) is 41.8 Å². The van der Waals surface area contributed by atoms with Crippen LogP contribution in [0.15, 0.2) is 84.6 Å². The molecule has 0 aliphatic rings. The zero-order valence-electron chi connectivity index (χ0n) is 16.7. The number of benzene rings is 1. The van der Waals surface area contributed by atoms with E-state index in [4.69, 9.17) is 5.10 Å². The van der Waals surface area contributed by atoms with Gasteiger partial charge in [-0.25, -0.2) is 0 Å². The zero-order chi connectivity index (χ0) is 20.8. The number of carbonyl (C=O) groups is 1. The third-order valence-electron chi connectivity index (χ3n) is 4.68. The standard InChI is InChI=1S/C24H22N4OS/c1-27(16-20-11-13-25-14-12-20)23(29)10-9-21-18-28(17-19-6-3-2-4-7-19)26-24(21)22-8-5-15-30-22/h2-15,18H,16-17H2,1H3/b10-9+. The van der Waals surface area contributed by atoms with Gasteiger partial charge in [-0.15, -0.1) is 11.3 Å². The number of nitrogens with zero attached hydrogens (tertiary/aromatic N) is 4. The second-order valence-electron chi connectivity index (χ2n) is 6.98. The van der Waals surface area contributed by atoms with Crippen LogP contribution in [0.5, 0.6) is 0 Å². The van der Waals surface area contributed by atoms with Crippen LogP contribution in [-0.4, -0.2) is 32.6 Å². The molecule has 0 N–H and O–H groups in total. The van der Waals surface area contributed by atoms with Crippen molar-refractivity contribution in [2.75, 3.05) is 7.05 Å². The molecule has 0 bridgehead atoms. The first-order chi connectivity index (χ1) is 14.7. The van der Waals surface area contributed by atoms with Gasteiger partial charge >= 0.3 is 0 Å². The highest BCUT2D eigenvalue weighted by molar-refractivity contribution is 7.13. The number of carbonyl (C=O) groups excluding carboxylic acids is 1. The minimum absolute atomic E-state index is 0.0558. The summed E-state index contributed by atoms with van der Waals surface area (Å²) in [5.41, 5.74) is 4.05. The van der Waals surface area contributed by atoms with Crippen molar-refractivity contribution in [2.45, 2.75) is 13.1 Å². The van der Waals surface area contributed by atoms with E-state index in [2.05, 4.69) is 23.2 Å². The first-order valence-electron chi connectivity index (χ1n) is 9.66. The van der Waals surface area contributed by atoms with E-state index in [-0.39, 0.29) is 5.91 Å². The molecule has 0 radical (unpaired) electrons. The second kappa shape index (κ2) is 9.33. The molecule has 0 unspecified atom stereocenters. The number of amides is 1. The third-order valence-corrected chi connectivity index (χ3v) is 5.56. The monoisotopic (exact) mass is 414 g/mol. The van der Waals surface area contributed by atoms with Crippen LogP contribution in [0, 0.1) is 0 Å². The zero-order valence-corrected chi connectivity index (χ0v) is 17.5. The van der Waals surface area contributed by atoms with Crippen molar-refractivity contribution in [3.63, 3.8) is 0 Å². The molecule has 0 fully saturated rings. The molecule has 6 heteroatoms. The van der Waals surface area contributed by atoms with Crippen molar-refractivity contribution in [3.8, 4) is 10.6 Å². The van der Waals surface area contributed by atoms with Crippen LogP contribution < -0.4 is 0 Å². The van der Waals surface area contributed by atoms with Crippen LogP contribution in [0.3, 0.4) is 0 Å². The van der Waals surface area contributed by atoms with E-state index in [1.807, 2.05) is 58.7 Å². The Morgan fingerprint density at radius 3 is 2.60 bits per heavy atom. The summed E-state index contributed by atoms with van der Waals surface area (Å²) in [6.07, 6.45) is 8.93. The molecular formula is C24H22N4OS. The Morgan fingerprint density at radius 2 is 1.87 bits per heavy atom. The minimum atomic E-state index is -0.0558. The fourth-order valence-electron chi connectivity index (χ4n) is 3.14. The van der Waals surface area contributed by atoms with Gasteiger partial charge < -0.3 is 4.90 Å². The van der Waals surface area contributed by atoms with Crippen molar-refractivity contribution in [3.05, 3.63) is 101 Å². The van der Waals surface area contributed by atoms with Gasteiger partial charge in [-0.3, -0.25) is 14.5 Å². The van der Waals surface area contributed by atoms with Crippen molar-refractivity contribution in [1.29, 1.82) is 0 Å². The lowest BCUT2D eigenvalue weighted by Crippen LogP contribution is -2.24. The normalized spacial score (nSPS) is 11.1. The summed E-state index contributed by atoms with van der Waals surface area (Å²) in [4.78, 5) is 19.4. The van der Waals surface area contributed by atoms with Crippen LogP contribution in [0.2, 0.25) is 0 Å². The number of pyridine rings is 1. The highest BCUT2D eigenvalue weighted by Crippen LogP contribution is 2.28. The molecule has 0 saturated carbocycles. The Balaban J connectivity index is 1.54. The van der Waals surface area contributed by atoms with Gasteiger partial charge in [-0.05, 0) is 40.8 Å². The Morgan fingerprint density at radius 1 is 1.07 bits per heavy atom. The fourth-order valence-corrected chi connectivity index (χ4v) is 3.87. The van der Waals surface area contributed by atoms with Gasteiger partial charge in [-0.1, -0.05) is 36.4 Å². The summed E-state index contributed by atoms with van der Waals surface area (Å²) in [5, 5.41) is 6.82. The summed E-state index contributed by atoms with van der Waals surface area (Å²) >= 11 is 1.64. The highest BCUT2D eigenvalue weighted by Gasteiger charge is 2.12. The first-order valence-corrected chi connectivity index (χ1v) is 10.5. The molecule has 0 aliphatic carbocycles. The average Bonchev–Trinajstić information content (AvgIpc) is 3.43. The Kier molecular flexibility index (Phi) is 6.15. The molecule has 4 aromatic rings. The van der Waals surface area contributed by atoms with Crippen molar-refractivity contribution in [1.82, 2.24) is 19.7 Å². The number of hydrogen-bond donors (Lipinski definition) is 0. The SMILES string of the molecule is CN(Cc1ccncc1)C(=O)/C=C/c1cn(Cc2ccccc2)nc1-c1cccs1. The summed E-state index contributed by atoms with van der Waals surface area (Å²) in [6, 6.07) is 18.1. The molecule has 1 aromatic carbocycles. The molecule has 3 aromatic heterocycles. The van der Waals surface area contributed by atoms with E-state index in [0.29, 0.717) is 13.1 Å². The lowest BCUT2D eigenvalue weighted by molar-refractivity contribution is -0.125. The largest absolute Gasteiger partial charge is 0.338 e. The summed E-state index contributed by atoms with van der Waals surface area (Å²) < 4.78 is 1.93. The van der Waals surface area contributed by atoms with E-state index < -0.39 is 0 Å². The van der Waals surface area contributed by atoms with Gasteiger partial charge in [0.15, 0.2) is 0 Å². The van der Waals surface area contributed by atoms with Gasteiger partial charge in [0, 0.05) is 43.8 Å². The molecule has 150 valence electrons. The maximum atomic E-state index is 12.6. The Labute approximate surface area is 179 Å². The van der Waals surface area contributed by atoms with E-state index in [9.17, 15) is 4.79 Å². The average molecular weight is 415 g/mol. The minimum Gasteiger partial charge on any atom is -0.338 e. The summed E-state index contributed by atoms with van der Waals surface area (Å²) in [7, 11) is 1.80. The summed E-state index contributed by atoms with van der Waals surface area (Å²) in [5.74, 6) is -0.0558. The fraction of sp³-hybridized carbons (Fsp3) is 0.125. The van der Waals surface area contributed by atoms with Crippen LogP contribution in [-0.2, 0) is 17.9 Å². The predicted octanol–water partition coefficient (Wildman–Crippen LogP) is 4.73. The topological polar surface area (TPSA) is 51.0 Å². The second-order valence-corrected chi connectivity index (χ2v) is 7.92. The van der Waals surface area contributed by atoms with Gasteiger partial charge in [0.05, 0.1) is 11.4 Å². The van der Waals surface area contributed by atoms with Gasteiger partial charge in [0.1, 0.15) is 5.69 Å². The van der Waals surface area contributed by atoms with E-state index in [1.165, 1.54) is 5.56 Å². The van der Waals surface area contributed by atoms with Gasteiger partial charge in [-0.2, -0.15) is 5.10 Å². The Hall–Kier alpha value is -3.51. The first kappa shape index (κ1) is 19.8. The number of hydrogen-bond acceptors (Lipinski definition) is 4. The number of thiophene rings is 1. The molecule has 0 aliphatic heterocycles. The number of aromatic nitrogens is 3. The van der Waals surface area contributed by atoms with Crippen LogP contribution >= 0.6 is 11.3 Å². The van der Waals surface area contributed by atoms with E-state index >= 15 is 0 Å². The van der Waals surface area contributed by atoms with Gasteiger partial charge in [0.25, 0.3) is 0 Å². The van der Waals surface area contributed by atoms with Crippen molar-refractivity contribution >= 4 is 23.3 Å². The molecule has 5 nitrogen and oxygen atoms in total. The molecule has 0 spiro atoms. The number of rotatable bonds is 7. The van der Waals surface area contributed by atoms with E-state index in [0.717, 1.165) is 21.7 Å². The molecule has 0 atom stereocenters. The number of likely N-dealkylation sites (N-methyl/N-ethyl adjacent to an activating group) is 1. The molecule has 1 amide bonds. The Bertz CT molecular complexity index is 1120. The van der Waals surface area contributed by atoms with Crippen LogP contribution in [0.1, 0.15) is 16.7 Å². The van der Waals surface area contributed by atoms with Crippen molar-refractivity contribution < 1.29 is 4.79 Å². The maximum absolute atomic E-state index is 12.6. The smallest absolute Gasteiger partial charge is 0.246 e. The van der Waals surface area contributed by atoms with Crippen molar-refractivity contribution in [2.24, 2.45) is 0 Å². The lowest BCUT2D eigenvalue weighted by atomic mass is 10.2. The lowest BCUT2D eigenvalue weighted by Gasteiger charge is -2.14. The predicted molar refractivity (Wildman–Crippen MR) is 121 cm³/mol. The molecule has 3 heterocycles. The quantitative estimate of drug-likeness (QED) is 0.411. The molecule has 4 rings (SSSR count). The molecule has 30 heavy (non-hydrogen) atoms. The third kappa shape index (κ3) is 4.90. The van der Waals surface area contributed by atoms with Crippen LogP contribution in [0.25, 0.3) is 16.6 Å². The van der Waals surface area contributed by atoms with Gasteiger partial charge in [0.2, 0.25) is 5.91 Å². The highest BCUT2D eigenvalue weighted by atomic mass is 32.1. The molecular weight excluding hydrogens is 392 g/mol. The van der Waals surface area contributed by atoms with Crippen LogP contribution in [0.4, 0.5) is 0 Å². The maximum Gasteiger partial charge on any atom is 0.246 e. The summed E-state index contributed by atoms with van der Waals surface area (Å²) in [6.45, 7) is 1.22. The molecule has 0 saturated heterocycles.